The monoisotopic (exact) mass is 213 g/mol. The molecule has 3 rings (SSSR count). The van der Waals surface area contributed by atoms with Gasteiger partial charge in [-0.25, -0.2) is 9.97 Å². The van der Waals surface area contributed by atoms with Crippen molar-refractivity contribution < 1.29 is 9.21 Å². The Kier molecular flexibility index (Phi) is 1.83. The Morgan fingerprint density at radius 1 is 1.25 bits per heavy atom. The van der Waals surface area contributed by atoms with Crippen LogP contribution in [0, 0.1) is 0 Å². The summed E-state index contributed by atoms with van der Waals surface area (Å²) in [7, 11) is 0. The number of carbonyl (C=O) groups is 1. The molecular formula is C11H7N3O2. The first-order valence-electron chi connectivity index (χ1n) is 4.72. The predicted octanol–water partition coefficient (Wildman–Crippen LogP) is 2.03. The van der Waals surface area contributed by atoms with E-state index in [1.54, 1.807) is 18.3 Å². The van der Waals surface area contributed by atoms with Gasteiger partial charge in [0.05, 0.1) is 0 Å². The lowest BCUT2D eigenvalue weighted by atomic mass is 10.2. The normalized spacial score (nSPS) is 10.8. The van der Waals surface area contributed by atoms with Crippen LogP contribution in [0.2, 0.25) is 0 Å². The molecule has 5 heteroatoms. The van der Waals surface area contributed by atoms with Crippen molar-refractivity contribution in [3.63, 3.8) is 0 Å². The van der Waals surface area contributed by atoms with Crippen LogP contribution >= 0.6 is 0 Å². The molecule has 1 N–H and O–H groups in total. The van der Waals surface area contributed by atoms with E-state index in [0.717, 1.165) is 11.0 Å². The highest BCUT2D eigenvalue weighted by molar-refractivity contribution is 5.89. The van der Waals surface area contributed by atoms with Crippen LogP contribution in [0.4, 0.5) is 0 Å². The molecule has 16 heavy (non-hydrogen) atoms. The SMILES string of the molecule is O=Cc1ccc(-c2ncnc3[nH]ccc23)o1. The average Bonchev–Trinajstić information content (AvgIpc) is 2.97. The number of hydrogen-bond acceptors (Lipinski definition) is 4. The minimum Gasteiger partial charge on any atom is -0.452 e. The molecule has 0 bridgehead atoms. The number of hydrogen-bond donors (Lipinski definition) is 1. The summed E-state index contributed by atoms with van der Waals surface area (Å²) in [4.78, 5) is 21.8. The first-order chi connectivity index (χ1) is 7.88. The highest BCUT2D eigenvalue weighted by Gasteiger charge is 2.10. The summed E-state index contributed by atoms with van der Waals surface area (Å²) < 4.78 is 5.32. The number of fused-ring (bicyclic) bond motifs is 1. The second-order valence-electron chi connectivity index (χ2n) is 3.28. The Labute approximate surface area is 90.1 Å². The van der Waals surface area contributed by atoms with Crippen molar-refractivity contribution in [2.45, 2.75) is 0 Å². The Morgan fingerprint density at radius 3 is 3.00 bits per heavy atom. The maximum atomic E-state index is 10.5. The predicted molar refractivity (Wildman–Crippen MR) is 57.0 cm³/mol. The van der Waals surface area contributed by atoms with Gasteiger partial charge in [-0.3, -0.25) is 4.79 Å². The van der Waals surface area contributed by atoms with Gasteiger partial charge in [-0.15, -0.1) is 0 Å². The first kappa shape index (κ1) is 8.84. The molecule has 0 aliphatic rings. The van der Waals surface area contributed by atoms with E-state index in [-0.39, 0.29) is 5.76 Å². The molecule has 0 aliphatic heterocycles. The van der Waals surface area contributed by atoms with Crippen molar-refractivity contribution >= 4 is 17.3 Å². The summed E-state index contributed by atoms with van der Waals surface area (Å²) in [6, 6.07) is 5.20. The second kappa shape index (κ2) is 3.30. The summed E-state index contributed by atoms with van der Waals surface area (Å²) >= 11 is 0. The number of nitrogens with zero attached hydrogens (tertiary/aromatic N) is 2. The van der Waals surface area contributed by atoms with E-state index in [1.165, 1.54) is 6.33 Å². The Bertz CT molecular complexity index is 654. The number of aromatic amines is 1. The first-order valence-corrected chi connectivity index (χ1v) is 4.72. The summed E-state index contributed by atoms with van der Waals surface area (Å²) in [6.45, 7) is 0. The molecule has 0 saturated heterocycles. The molecular weight excluding hydrogens is 206 g/mol. The summed E-state index contributed by atoms with van der Waals surface area (Å²) in [6.07, 6.45) is 3.91. The molecule has 0 atom stereocenters. The molecule has 0 aromatic carbocycles. The molecule has 0 fully saturated rings. The molecule has 0 spiro atoms. The molecule has 0 saturated carbocycles. The fourth-order valence-electron chi connectivity index (χ4n) is 1.61. The van der Waals surface area contributed by atoms with E-state index < -0.39 is 0 Å². The minimum atomic E-state index is 0.289. The van der Waals surface area contributed by atoms with E-state index >= 15 is 0 Å². The molecule has 3 aromatic heterocycles. The molecule has 0 amide bonds. The van der Waals surface area contributed by atoms with Gasteiger partial charge < -0.3 is 9.40 Å². The van der Waals surface area contributed by atoms with Crippen molar-refractivity contribution in [2.75, 3.05) is 0 Å². The van der Waals surface area contributed by atoms with E-state index in [2.05, 4.69) is 15.0 Å². The quantitative estimate of drug-likeness (QED) is 0.661. The zero-order chi connectivity index (χ0) is 11.0. The summed E-state index contributed by atoms with van der Waals surface area (Å²) in [5.41, 5.74) is 1.42. The molecule has 0 radical (unpaired) electrons. The van der Waals surface area contributed by atoms with Crippen LogP contribution in [-0.2, 0) is 0 Å². The van der Waals surface area contributed by atoms with Crippen molar-refractivity contribution in [3.8, 4) is 11.5 Å². The van der Waals surface area contributed by atoms with Crippen LogP contribution in [0.15, 0.2) is 35.1 Å². The van der Waals surface area contributed by atoms with Gasteiger partial charge in [0, 0.05) is 11.6 Å². The fraction of sp³-hybridized carbons (Fsp3) is 0. The van der Waals surface area contributed by atoms with Gasteiger partial charge >= 0.3 is 0 Å². The topological polar surface area (TPSA) is 71.8 Å². The lowest BCUT2D eigenvalue weighted by Crippen LogP contribution is -1.85. The van der Waals surface area contributed by atoms with Gasteiger partial charge in [-0.2, -0.15) is 0 Å². The molecule has 0 aliphatic carbocycles. The lowest BCUT2D eigenvalue weighted by molar-refractivity contribution is 0.110. The third kappa shape index (κ3) is 1.22. The van der Waals surface area contributed by atoms with Crippen LogP contribution in [0.5, 0.6) is 0 Å². The maximum Gasteiger partial charge on any atom is 0.185 e. The number of nitrogens with one attached hydrogen (secondary N) is 1. The Morgan fingerprint density at radius 2 is 2.19 bits per heavy atom. The van der Waals surface area contributed by atoms with E-state index in [9.17, 15) is 4.79 Å². The smallest absolute Gasteiger partial charge is 0.185 e. The van der Waals surface area contributed by atoms with Crippen molar-refractivity contribution in [3.05, 3.63) is 36.5 Å². The minimum absolute atomic E-state index is 0.289. The van der Waals surface area contributed by atoms with Gasteiger partial charge in [0.25, 0.3) is 0 Å². The van der Waals surface area contributed by atoms with Gasteiger partial charge in [-0.1, -0.05) is 0 Å². The van der Waals surface area contributed by atoms with Crippen LogP contribution in [-0.4, -0.2) is 21.2 Å². The van der Waals surface area contributed by atoms with Crippen LogP contribution < -0.4 is 0 Å². The molecule has 78 valence electrons. The van der Waals surface area contributed by atoms with Crippen LogP contribution in [0.25, 0.3) is 22.5 Å². The molecule has 5 nitrogen and oxygen atoms in total. The summed E-state index contributed by atoms with van der Waals surface area (Å²) in [5.74, 6) is 0.853. The van der Waals surface area contributed by atoms with Crippen LogP contribution in [0.1, 0.15) is 10.6 Å². The maximum absolute atomic E-state index is 10.5. The fourth-order valence-corrected chi connectivity index (χ4v) is 1.61. The average molecular weight is 213 g/mol. The Balaban J connectivity index is 2.24. The number of rotatable bonds is 2. The highest BCUT2D eigenvalue weighted by atomic mass is 16.3. The second-order valence-corrected chi connectivity index (χ2v) is 3.28. The van der Waals surface area contributed by atoms with Gasteiger partial charge in [-0.05, 0) is 18.2 Å². The number of furan rings is 1. The van der Waals surface area contributed by atoms with E-state index in [0.29, 0.717) is 17.7 Å². The number of H-pyrrole nitrogens is 1. The standard InChI is InChI=1S/C11H7N3O2/c15-5-7-1-2-9(16-7)10-8-3-4-12-11(8)14-6-13-10/h1-6H,(H,12,13,14). The summed E-state index contributed by atoms with van der Waals surface area (Å²) in [5, 5.41) is 0.870. The highest BCUT2D eigenvalue weighted by Crippen LogP contribution is 2.25. The van der Waals surface area contributed by atoms with E-state index in [4.69, 9.17) is 4.42 Å². The molecule has 3 aromatic rings. The molecule has 3 heterocycles. The number of aromatic nitrogens is 3. The molecule has 0 unspecified atom stereocenters. The Hall–Kier alpha value is -2.43. The van der Waals surface area contributed by atoms with Crippen LogP contribution in [0.3, 0.4) is 0 Å². The van der Waals surface area contributed by atoms with Gasteiger partial charge in [0.1, 0.15) is 17.7 Å². The number of aldehydes is 1. The number of carbonyl (C=O) groups excluding carboxylic acids is 1. The third-order valence-corrected chi connectivity index (χ3v) is 2.33. The third-order valence-electron chi connectivity index (χ3n) is 2.33. The lowest BCUT2D eigenvalue weighted by Gasteiger charge is -1.96. The van der Waals surface area contributed by atoms with Gasteiger partial charge in [0.15, 0.2) is 17.8 Å². The van der Waals surface area contributed by atoms with E-state index in [1.807, 2.05) is 6.07 Å². The zero-order valence-electron chi connectivity index (χ0n) is 8.18. The largest absolute Gasteiger partial charge is 0.452 e. The van der Waals surface area contributed by atoms with Crippen molar-refractivity contribution in [2.24, 2.45) is 0 Å². The zero-order valence-corrected chi connectivity index (χ0v) is 8.18. The van der Waals surface area contributed by atoms with Crippen molar-refractivity contribution in [1.29, 1.82) is 0 Å². The van der Waals surface area contributed by atoms with Crippen molar-refractivity contribution in [1.82, 2.24) is 15.0 Å². The van der Waals surface area contributed by atoms with Gasteiger partial charge in [0.2, 0.25) is 0 Å².